The molecule has 3 rings (SSSR count). The maximum atomic E-state index is 11.8. The molecule has 132 valence electrons. The van der Waals surface area contributed by atoms with E-state index in [1.165, 1.54) is 0 Å². The van der Waals surface area contributed by atoms with Gasteiger partial charge in [0.1, 0.15) is 11.3 Å². The van der Waals surface area contributed by atoms with Gasteiger partial charge in [0.15, 0.2) is 5.82 Å². The van der Waals surface area contributed by atoms with Crippen molar-refractivity contribution in [2.45, 2.75) is 40.3 Å². The molecule has 0 unspecified atom stereocenters. The predicted molar refractivity (Wildman–Crippen MR) is 104 cm³/mol. The van der Waals surface area contributed by atoms with E-state index in [9.17, 15) is 4.79 Å². The summed E-state index contributed by atoms with van der Waals surface area (Å²) in [5, 5.41) is 1.02. The zero-order valence-corrected chi connectivity index (χ0v) is 16.3. The maximum Gasteiger partial charge on any atom is 0.219 e. The van der Waals surface area contributed by atoms with Crippen molar-refractivity contribution in [2.24, 2.45) is 0 Å². The highest BCUT2D eigenvalue weighted by Gasteiger charge is 2.19. The van der Waals surface area contributed by atoms with Crippen LogP contribution in [0.3, 0.4) is 0 Å². The maximum absolute atomic E-state index is 11.8. The van der Waals surface area contributed by atoms with Crippen LogP contribution in [-0.2, 0) is 17.9 Å². The molecule has 1 aromatic carbocycles. The number of amides is 1. The zero-order chi connectivity index (χ0) is 18.1. The Kier molecular flexibility index (Phi) is 4.94. The van der Waals surface area contributed by atoms with Gasteiger partial charge in [0.25, 0.3) is 0 Å². The minimum Gasteiger partial charge on any atom is -0.382 e. The van der Waals surface area contributed by atoms with Crippen molar-refractivity contribution in [3.8, 4) is 0 Å². The van der Waals surface area contributed by atoms with Crippen LogP contribution < -0.4 is 5.73 Å². The Morgan fingerprint density at radius 2 is 2.08 bits per heavy atom. The summed E-state index contributed by atoms with van der Waals surface area (Å²) >= 11 is 3.49. The minimum atomic E-state index is 0.0393. The van der Waals surface area contributed by atoms with Crippen LogP contribution in [0.1, 0.15) is 33.0 Å². The van der Waals surface area contributed by atoms with Crippen LogP contribution >= 0.6 is 15.9 Å². The Labute approximate surface area is 155 Å². The SMILES string of the molecule is CCCn1c(CN(CC)C(C)=O)nc2c(N)nc3cc(Br)ccc3c21. The number of benzene rings is 1. The summed E-state index contributed by atoms with van der Waals surface area (Å²) in [5.74, 6) is 1.30. The molecule has 7 heteroatoms. The first kappa shape index (κ1) is 17.7. The molecule has 0 aliphatic heterocycles. The highest BCUT2D eigenvalue weighted by Crippen LogP contribution is 2.31. The molecule has 0 saturated carbocycles. The largest absolute Gasteiger partial charge is 0.382 e. The van der Waals surface area contributed by atoms with Gasteiger partial charge in [-0.3, -0.25) is 4.79 Å². The molecule has 0 saturated heterocycles. The van der Waals surface area contributed by atoms with Crippen molar-refractivity contribution >= 4 is 49.6 Å². The molecule has 0 spiro atoms. The third kappa shape index (κ3) is 3.20. The summed E-state index contributed by atoms with van der Waals surface area (Å²) in [5.41, 5.74) is 8.72. The first-order valence-corrected chi connectivity index (χ1v) is 9.24. The van der Waals surface area contributed by atoms with Crippen LogP contribution in [0.5, 0.6) is 0 Å². The lowest BCUT2D eigenvalue weighted by Gasteiger charge is -2.19. The molecule has 0 aliphatic rings. The minimum absolute atomic E-state index is 0.0393. The third-order valence-corrected chi connectivity index (χ3v) is 4.84. The van der Waals surface area contributed by atoms with Crippen LogP contribution in [-0.4, -0.2) is 31.9 Å². The van der Waals surface area contributed by atoms with Crippen molar-refractivity contribution in [3.63, 3.8) is 0 Å². The van der Waals surface area contributed by atoms with E-state index in [2.05, 4.69) is 32.4 Å². The van der Waals surface area contributed by atoms with Crippen LogP contribution in [0.15, 0.2) is 22.7 Å². The summed E-state index contributed by atoms with van der Waals surface area (Å²) in [4.78, 5) is 22.8. The molecular formula is C18H22BrN5O. The van der Waals surface area contributed by atoms with E-state index in [1.807, 2.05) is 25.1 Å². The van der Waals surface area contributed by atoms with Gasteiger partial charge in [-0.1, -0.05) is 22.9 Å². The number of aromatic nitrogens is 3. The van der Waals surface area contributed by atoms with E-state index in [4.69, 9.17) is 10.7 Å². The summed E-state index contributed by atoms with van der Waals surface area (Å²) in [6.45, 7) is 7.61. The van der Waals surface area contributed by atoms with Gasteiger partial charge in [0.2, 0.25) is 5.91 Å². The smallest absolute Gasteiger partial charge is 0.219 e. The van der Waals surface area contributed by atoms with Crippen molar-refractivity contribution in [2.75, 3.05) is 12.3 Å². The van der Waals surface area contributed by atoms with Gasteiger partial charge in [-0.25, -0.2) is 9.97 Å². The summed E-state index contributed by atoms with van der Waals surface area (Å²) in [6, 6.07) is 5.99. The van der Waals surface area contributed by atoms with Crippen molar-refractivity contribution < 1.29 is 4.79 Å². The standard InChI is InChI=1S/C18H22BrN5O/c1-4-8-24-15(10-23(5-2)11(3)25)22-16-17(24)13-7-6-12(19)9-14(13)21-18(16)20/h6-7,9H,4-5,8,10H2,1-3H3,(H2,20,21). The number of fused-ring (bicyclic) bond motifs is 3. The number of nitrogen functional groups attached to an aromatic ring is 1. The monoisotopic (exact) mass is 403 g/mol. The second-order valence-electron chi connectivity index (χ2n) is 6.07. The highest BCUT2D eigenvalue weighted by molar-refractivity contribution is 9.10. The molecule has 3 aromatic rings. The molecule has 6 nitrogen and oxygen atoms in total. The van der Waals surface area contributed by atoms with Crippen molar-refractivity contribution in [1.82, 2.24) is 19.4 Å². The zero-order valence-electron chi connectivity index (χ0n) is 14.7. The van der Waals surface area contributed by atoms with E-state index >= 15 is 0 Å². The fraction of sp³-hybridized carbons (Fsp3) is 0.389. The summed E-state index contributed by atoms with van der Waals surface area (Å²) in [6.07, 6.45) is 0.963. The second-order valence-corrected chi connectivity index (χ2v) is 6.98. The molecule has 0 fully saturated rings. The number of hydrogen-bond acceptors (Lipinski definition) is 4. The van der Waals surface area contributed by atoms with E-state index in [0.717, 1.165) is 39.7 Å². The normalized spacial score (nSPS) is 11.4. The number of carbonyl (C=O) groups is 1. The van der Waals surface area contributed by atoms with Crippen LogP contribution in [0.25, 0.3) is 21.9 Å². The molecule has 0 atom stereocenters. The van der Waals surface area contributed by atoms with Gasteiger partial charge >= 0.3 is 0 Å². The lowest BCUT2D eigenvalue weighted by Crippen LogP contribution is -2.29. The molecule has 0 aliphatic carbocycles. The quantitative estimate of drug-likeness (QED) is 0.704. The lowest BCUT2D eigenvalue weighted by atomic mass is 10.2. The van der Waals surface area contributed by atoms with Gasteiger partial charge < -0.3 is 15.2 Å². The topological polar surface area (TPSA) is 77.0 Å². The number of carbonyl (C=O) groups excluding carboxylic acids is 1. The number of nitrogens with zero attached hydrogens (tertiary/aromatic N) is 4. The second kappa shape index (κ2) is 7.00. The number of nitrogens with two attached hydrogens (primary N) is 1. The highest BCUT2D eigenvalue weighted by atomic mass is 79.9. The number of anilines is 1. The first-order chi connectivity index (χ1) is 12.0. The van der Waals surface area contributed by atoms with E-state index in [1.54, 1.807) is 11.8 Å². The average molecular weight is 404 g/mol. The molecule has 2 aromatic heterocycles. The van der Waals surface area contributed by atoms with Crippen molar-refractivity contribution in [1.29, 1.82) is 0 Å². The molecular weight excluding hydrogens is 382 g/mol. The number of imidazole rings is 1. The Morgan fingerprint density at radius 1 is 1.32 bits per heavy atom. The molecule has 2 N–H and O–H groups in total. The number of pyridine rings is 1. The Bertz CT molecular complexity index is 950. The summed E-state index contributed by atoms with van der Waals surface area (Å²) < 4.78 is 3.14. The first-order valence-electron chi connectivity index (χ1n) is 8.45. The molecule has 0 bridgehead atoms. The molecule has 0 radical (unpaired) electrons. The fourth-order valence-corrected chi connectivity index (χ4v) is 3.48. The summed E-state index contributed by atoms with van der Waals surface area (Å²) in [7, 11) is 0. The Hall–Kier alpha value is -2.15. The van der Waals surface area contributed by atoms with Gasteiger partial charge in [-0.05, 0) is 31.5 Å². The van der Waals surface area contributed by atoms with Crippen molar-refractivity contribution in [3.05, 3.63) is 28.5 Å². The van der Waals surface area contributed by atoms with Crippen LogP contribution in [0, 0.1) is 0 Å². The van der Waals surface area contributed by atoms with E-state index < -0.39 is 0 Å². The molecule has 1 amide bonds. The average Bonchev–Trinajstić information content (AvgIpc) is 2.92. The van der Waals surface area contributed by atoms with E-state index in [0.29, 0.717) is 24.4 Å². The molecule has 2 heterocycles. The Balaban J connectivity index is 2.28. The fourth-order valence-electron chi connectivity index (χ4n) is 3.13. The van der Waals surface area contributed by atoms with E-state index in [-0.39, 0.29) is 5.91 Å². The number of hydrogen-bond donors (Lipinski definition) is 1. The number of halogens is 1. The Morgan fingerprint density at radius 3 is 2.72 bits per heavy atom. The predicted octanol–water partition coefficient (Wildman–Crippen LogP) is 3.71. The van der Waals surface area contributed by atoms with Crippen LogP contribution in [0.4, 0.5) is 5.82 Å². The third-order valence-electron chi connectivity index (χ3n) is 4.35. The van der Waals surface area contributed by atoms with Gasteiger partial charge in [0.05, 0.1) is 17.6 Å². The molecule has 25 heavy (non-hydrogen) atoms. The van der Waals surface area contributed by atoms with Gasteiger partial charge in [0, 0.05) is 29.9 Å². The number of aryl methyl sites for hydroxylation is 1. The van der Waals surface area contributed by atoms with Crippen LogP contribution in [0.2, 0.25) is 0 Å². The van der Waals surface area contributed by atoms with Gasteiger partial charge in [-0.15, -0.1) is 0 Å². The van der Waals surface area contributed by atoms with Gasteiger partial charge in [-0.2, -0.15) is 0 Å². The lowest BCUT2D eigenvalue weighted by molar-refractivity contribution is -0.129. The number of rotatable bonds is 5.